The third kappa shape index (κ3) is 28.1. The fourth-order valence-corrected chi connectivity index (χ4v) is 5.23. The Bertz CT molecular complexity index is 1010. The number of carboxylic acids is 5. The van der Waals surface area contributed by atoms with E-state index >= 15 is 0 Å². The standard InChI is InChI=1S/C33H57N3O14/c1-2-3-4-5-6-9-12-17-49-32(47)14-11-8-7-10-13-18-50-33(48)19-26(36(24-30(43)44)25-31(45)46)20-34(21-27(37)38)15-16-35(22-28(39)40)23-29(41)42/h26H,2-25H2,1H3,(H,37,38)(H,39,40)(H,41,42)(H,43,44)(H,45,46). The number of nitrogens with zero attached hydrogens (tertiary/aromatic N) is 3. The van der Waals surface area contributed by atoms with Crippen LogP contribution in [0.5, 0.6) is 0 Å². The van der Waals surface area contributed by atoms with E-state index in [1.807, 2.05) is 0 Å². The van der Waals surface area contributed by atoms with Gasteiger partial charge in [-0.2, -0.15) is 0 Å². The third-order valence-corrected chi connectivity index (χ3v) is 7.67. The first-order valence-corrected chi connectivity index (χ1v) is 17.3. The van der Waals surface area contributed by atoms with Crippen LogP contribution in [-0.4, -0.2) is 154 Å². The highest BCUT2D eigenvalue weighted by Gasteiger charge is 2.29. The van der Waals surface area contributed by atoms with Crippen molar-refractivity contribution in [3.63, 3.8) is 0 Å². The van der Waals surface area contributed by atoms with Crippen LogP contribution in [0.2, 0.25) is 0 Å². The van der Waals surface area contributed by atoms with Crippen LogP contribution in [0, 0.1) is 0 Å². The minimum Gasteiger partial charge on any atom is -0.480 e. The predicted octanol–water partition coefficient (Wildman–Crippen LogP) is 2.25. The summed E-state index contributed by atoms with van der Waals surface area (Å²) in [7, 11) is 0. The smallest absolute Gasteiger partial charge is 0.317 e. The topological polar surface area (TPSA) is 249 Å². The first kappa shape index (κ1) is 46.2. The maximum Gasteiger partial charge on any atom is 0.317 e. The van der Waals surface area contributed by atoms with E-state index in [1.165, 1.54) is 30.6 Å². The number of hydrogen-bond acceptors (Lipinski definition) is 12. The van der Waals surface area contributed by atoms with Crippen LogP contribution >= 0.6 is 0 Å². The van der Waals surface area contributed by atoms with E-state index in [9.17, 15) is 48.9 Å². The average molecular weight is 720 g/mol. The SMILES string of the molecule is CCCCCCCCCOC(=O)CCCCCCCOC(=O)CC(CN(CCN(CC(=O)O)CC(=O)O)CC(=O)O)N(CC(=O)O)CC(=O)O. The number of unbranched alkanes of at least 4 members (excludes halogenated alkanes) is 10. The van der Waals surface area contributed by atoms with Gasteiger partial charge >= 0.3 is 41.8 Å². The van der Waals surface area contributed by atoms with Crippen molar-refractivity contribution in [3.8, 4) is 0 Å². The van der Waals surface area contributed by atoms with E-state index in [2.05, 4.69) is 6.92 Å². The van der Waals surface area contributed by atoms with Gasteiger partial charge in [-0.15, -0.1) is 0 Å². The molecule has 0 aromatic carbocycles. The van der Waals surface area contributed by atoms with Crippen molar-refractivity contribution in [3.05, 3.63) is 0 Å². The summed E-state index contributed by atoms with van der Waals surface area (Å²) in [5, 5.41) is 46.4. The van der Waals surface area contributed by atoms with E-state index in [0.29, 0.717) is 32.3 Å². The van der Waals surface area contributed by atoms with Gasteiger partial charge in [0, 0.05) is 32.1 Å². The highest BCUT2D eigenvalue weighted by Crippen LogP contribution is 2.12. The van der Waals surface area contributed by atoms with Crippen molar-refractivity contribution < 1.29 is 68.6 Å². The fraction of sp³-hybridized carbons (Fsp3) is 0.788. The first-order chi connectivity index (χ1) is 23.7. The van der Waals surface area contributed by atoms with Crippen LogP contribution in [0.1, 0.15) is 96.8 Å². The molecule has 0 bridgehead atoms. The molecule has 0 fully saturated rings. The minimum absolute atomic E-state index is 0.0437. The van der Waals surface area contributed by atoms with E-state index in [1.54, 1.807) is 0 Å². The molecule has 0 aromatic rings. The number of carbonyl (C=O) groups is 7. The summed E-state index contributed by atoms with van der Waals surface area (Å²) in [5.74, 6) is -7.65. The molecule has 0 spiro atoms. The third-order valence-electron chi connectivity index (χ3n) is 7.67. The summed E-state index contributed by atoms with van der Waals surface area (Å²) in [6.45, 7) is -1.48. The molecule has 17 nitrogen and oxygen atoms in total. The molecule has 0 aliphatic rings. The Morgan fingerprint density at radius 1 is 0.500 bits per heavy atom. The second-order valence-corrected chi connectivity index (χ2v) is 12.3. The van der Waals surface area contributed by atoms with Gasteiger partial charge in [-0.05, 0) is 19.3 Å². The second kappa shape index (κ2) is 29.0. The maximum atomic E-state index is 12.8. The number of ether oxygens (including phenoxy) is 2. The molecule has 0 aliphatic carbocycles. The molecule has 0 saturated heterocycles. The van der Waals surface area contributed by atoms with Crippen LogP contribution in [-0.2, 0) is 43.0 Å². The van der Waals surface area contributed by atoms with Gasteiger partial charge in [-0.25, -0.2) is 0 Å². The number of carbonyl (C=O) groups excluding carboxylic acids is 2. The van der Waals surface area contributed by atoms with Crippen molar-refractivity contribution >= 4 is 41.8 Å². The molecule has 1 unspecified atom stereocenters. The molecule has 0 radical (unpaired) electrons. The Labute approximate surface area is 293 Å². The highest BCUT2D eigenvalue weighted by molar-refractivity contribution is 5.74. The maximum absolute atomic E-state index is 12.8. The molecule has 0 aromatic heterocycles. The van der Waals surface area contributed by atoms with E-state index < -0.39 is 81.0 Å². The van der Waals surface area contributed by atoms with Crippen molar-refractivity contribution in [1.29, 1.82) is 0 Å². The lowest BCUT2D eigenvalue weighted by atomic mass is 10.1. The minimum atomic E-state index is -1.38. The first-order valence-electron chi connectivity index (χ1n) is 17.3. The summed E-state index contributed by atoms with van der Waals surface area (Å²) in [5.41, 5.74) is 0. The average Bonchev–Trinajstić information content (AvgIpc) is 3.00. The predicted molar refractivity (Wildman–Crippen MR) is 179 cm³/mol. The fourth-order valence-electron chi connectivity index (χ4n) is 5.23. The molecule has 17 heteroatoms. The lowest BCUT2D eigenvalue weighted by molar-refractivity contribution is -0.150. The summed E-state index contributed by atoms with van der Waals surface area (Å²) in [6, 6.07) is -1.12. The summed E-state index contributed by atoms with van der Waals surface area (Å²) >= 11 is 0. The van der Waals surface area contributed by atoms with E-state index in [4.69, 9.17) is 19.7 Å². The molecule has 50 heavy (non-hydrogen) atoms. The number of esters is 2. The zero-order valence-corrected chi connectivity index (χ0v) is 29.3. The Balaban J connectivity index is 4.92. The quantitative estimate of drug-likeness (QED) is 0.0472. The number of aliphatic carboxylic acids is 5. The van der Waals surface area contributed by atoms with Crippen molar-refractivity contribution in [2.75, 3.05) is 65.6 Å². The van der Waals surface area contributed by atoms with Gasteiger partial charge in [0.05, 0.1) is 52.4 Å². The second-order valence-electron chi connectivity index (χ2n) is 12.3. The van der Waals surface area contributed by atoms with Crippen molar-refractivity contribution in [2.24, 2.45) is 0 Å². The largest absolute Gasteiger partial charge is 0.480 e. The van der Waals surface area contributed by atoms with Gasteiger partial charge in [-0.3, -0.25) is 48.3 Å². The summed E-state index contributed by atoms with van der Waals surface area (Å²) in [4.78, 5) is 84.9. The van der Waals surface area contributed by atoms with Crippen molar-refractivity contribution in [1.82, 2.24) is 14.7 Å². The molecule has 0 aliphatic heterocycles. The van der Waals surface area contributed by atoms with Crippen molar-refractivity contribution in [2.45, 2.75) is 103 Å². The molecule has 0 rings (SSSR count). The molecule has 5 N–H and O–H groups in total. The lowest BCUT2D eigenvalue weighted by Gasteiger charge is -2.33. The monoisotopic (exact) mass is 719 g/mol. The number of hydrogen-bond donors (Lipinski definition) is 5. The normalized spacial score (nSPS) is 11.8. The van der Waals surface area contributed by atoms with E-state index in [0.717, 1.165) is 41.9 Å². The molecular formula is C33H57N3O14. The zero-order chi connectivity index (χ0) is 37.7. The molecule has 0 amide bonds. The Morgan fingerprint density at radius 3 is 1.38 bits per heavy atom. The van der Waals surface area contributed by atoms with Crippen LogP contribution < -0.4 is 0 Å². The van der Waals surface area contributed by atoms with Crippen LogP contribution in [0.25, 0.3) is 0 Å². The van der Waals surface area contributed by atoms with Gasteiger partial charge in [0.15, 0.2) is 0 Å². The molecule has 288 valence electrons. The van der Waals surface area contributed by atoms with Crippen LogP contribution in [0.4, 0.5) is 0 Å². The molecule has 1 atom stereocenters. The van der Waals surface area contributed by atoms with Crippen LogP contribution in [0.3, 0.4) is 0 Å². The van der Waals surface area contributed by atoms with Gasteiger partial charge in [0.2, 0.25) is 0 Å². The van der Waals surface area contributed by atoms with E-state index in [-0.39, 0.29) is 32.2 Å². The van der Waals surface area contributed by atoms with Gasteiger partial charge in [-0.1, -0.05) is 64.7 Å². The Morgan fingerprint density at radius 2 is 0.900 bits per heavy atom. The summed E-state index contributed by atoms with van der Waals surface area (Å²) < 4.78 is 10.6. The van der Waals surface area contributed by atoms with Gasteiger partial charge in [0.25, 0.3) is 0 Å². The van der Waals surface area contributed by atoms with Gasteiger partial charge in [0.1, 0.15) is 0 Å². The Kier molecular flexibility index (Phi) is 26.7. The number of rotatable bonds is 34. The molecule has 0 saturated carbocycles. The van der Waals surface area contributed by atoms with Gasteiger partial charge < -0.3 is 35.0 Å². The number of carboxylic acid groups (broad SMARTS) is 5. The highest BCUT2D eigenvalue weighted by atomic mass is 16.5. The molecule has 0 heterocycles. The van der Waals surface area contributed by atoms with Crippen LogP contribution in [0.15, 0.2) is 0 Å². The zero-order valence-electron chi connectivity index (χ0n) is 29.3. The Hall–Kier alpha value is -3.83. The summed E-state index contributed by atoms with van der Waals surface area (Å²) in [6.07, 6.45) is 11.4. The molecular weight excluding hydrogens is 662 g/mol. The lowest BCUT2D eigenvalue weighted by Crippen LogP contribution is -2.51.